The first-order valence-electron chi connectivity index (χ1n) is 11.4. The van der Waals surface area contributed by atoms with Gasteiger partial charge in [-0.15, -0.1) is 0 Å². The van der Waals surface area contributed by atoms with Gasteiger partial charge in [0, 0.05) is 37.7 Å². The summed E-state index contributed by atoms with van der Waals surface area (Å²) in [5, 5.41) is 3.04. The molecule has 0 radical (unpaired) electrons. The van der Waals surface area contributed by atoms with Crippen LogP contribution in [-0.4, -0.2) is 56.5 Å². The molecule has 12 heteroatoms. The summed E-state index contributed by atoms with van der Waals surface area (Å²) in [4.78, 5) is 14.7. The zero-order valence-corrected chi connectivity index (χ0v) is 21.7. The zero-order valence-electron chi connectivity index (χ0n) is 19.4. The molecule has 0 aliphatic carbocycles. The fraction of sp³-hybridized carbons (Fsp3) is 0.240. The number of rotatable bonds is 6. The lowest BCUT2D eigenvalue weighted by atomic mass is 10.2. The van der Waals surface area contributed by atoms with Crippen LogP contribution in [0.25, 0.3) is 0 Å². The second-order valence-electron chi connectivity index (χ2n) is 8.59. The summed E-state index contributed by atoms with van der Waals surface area (Å²) in [5.41, 5.74) is 0.853. The molecule has 2 heterocycles. The van der Waals surface area contributed by atoms with Gasteiger partial charge in [0.15, 0.2) is 11.5 Å². The number of ether oxygens (including phenoxy) is 2. The van der Waals surface area contributed by atoms with E-state index >= 15 is 0 Å². The van der Waals surface area contributed by atoms with Crippen molar-refractivity contribution >= 4 is 44.8 Å². The molecule has 5 rings (SSSR count). The molecule has 1 saturated heterocycles. The molecule has 3 aromatic carbocycles. The predicted octanol–water partition coefficient (Wildman–Crippen LogP) is 4.62. The van der Waals surface area contributed by atoms with E-state index in [9.17, 15) is 17.6 Å². The number of nitrogens with one attached hydrogen (secondary N) is 1. The van der Waals surface area contributed by atoms with Crippen LogP contribution in [0.4, 0.5) is 10.1 Å². The third-order valence-electron chi connectivity index (χ3n) is 6.17. The van der Waals surface area contributed by atoms with Gasteiger partial charge in [-0.1, -0.05) is 29.3 Å². The monoisotopic (exact) mass is 565 g/mol. The molecule has 1 amide bonds. The van der Waals surface area contributed by atoms with Gasteiger partial charge < -0.3 is 14.8 Å². The number of piperazine rings is 1. The molecular weight excluding hydrogens is 544 g/mol. The molecule has 8 nitrogen and oxygen atoms in total. The number of carbonyl (C=O) groups is 1. The van der Waals surface area contributed by atoms with Crippen molar-refractivity contribution in [2.75, 3.05) is 38.3 Å². The van der Waals surface area contributed by atoms with Gasteiger partial charge in [0.1, 0.15) is 5.82 Å². The average Bonchev–Trinajstić information content (AvgIpc) is 3.34. The molecule has 194 valence electrons. The number of halogens is 3. The van der Waals surface area contributed by atoms with Gasteiger partial charge in [-0.3, -0.25) is 9.69 Å². The van der Waals surface area contributed by atoms with E-state index < -0.39 is 27.3 Å². The van der Waals surface area contributed by atoms with Crippen LogP contribution >= 0.6 is 23.2 Å². The number of hydrogen-bond donors (Lipinski definition) is 1. The molecule has 3 aromatic rings. The Morgan fingerprint density at radius 1 is 0.946 bits per heavy atom. The molecule has 0 saturated carbocycles. The maximum Gasteiger partial charge on any atom is 0.258 e. The van der Waals surface area contributed by atoms with E-state index in [1.165, 1.54) is 22.5 Å². The Morgan fingerprint density at radius 2 is 1.70 bits per heavy atom. The number of sulfonamides is 1. The Kier molecular flexibility index (Phi) is 7.28. The van der Waals surface area contributed by atoms with E-state index in [1.807, 2.05) is 18.2 Å². The lowest BCUT2D eigenvalue weighted by Gasteiger charge is -2.34. The van der Waals surface area contributed by atoms with Crippen LogP contribution in [0, 0.1) is 5.82 Å². The fourth-order valence-corrected chi connectivity index (χ4v) is 6.10. The van der Waals surface area contributed by atoms with E-state index in [4.69, 9.17) is 32.7 Å². The average molecular weight is 566 g/mol. The van der Waals surface area contributed by atoms with E-state index in [0.717, 1.165) is 23.8 Å². The van der Waals surface area contributed by atoms with Crippen LogP contribution in [-0.2, 0) is 16.6 Å². The molecule has 0 unspecified atom stereocenters. The van der Waals surface area contributed by atoms with Crippen molar-refractivity contribution in [3.05, 3.63) is 81.6 Å². The van der Waals surface area contributed by atoms with Crippen molar-refractivity contribution in [2.24, 2.45) is 0 Å². The Bertz CT molecular complexity index is 1460. The maximum absolute atomic E-state index is 14.5. The Hall–Kier alpha value is -2.89. The van der Waals surface area contributed by atoms with Crippen molar-refractivity contribution in [1.29, 1.82) is 0 Å². The topological polar surface area (TPSA) is 88.2 Å². The van der Waals surface area contributed by atoms with Crippen LogP contribution < -0.4 is 14.8 Å². The smallest absolute Gasteiger partial charge is 0.258 e. The number of anilines is 1. The third kappa shape index (κ3) is 5.53. The molecular formula is C25H22Cl2FN3O5S. The highest BCUT2D eigenvalue weighted by Gasteiger charge is 2.30. The SMILES string of the molecule is O=C(Nc1ccc(Cl)cc1Cl)c1cc(S(=O)(=O)N2CCN(Cc3ccc4c(c3)OCO4)CC2)ccc1F. The molecule has 0 bridgehead atoms. The lowest BCUT2D eigenvalue weighted by molar-refractivity contribution is 0.102. The van der Waals surface area contributed by atoms with E-state index in [-0.39, 0.29) is 35.5 Å². The minimum Gasteiger partial charge on any atom is -0.454 e. The molecule has 2 aliphatic rings. The first-order chi connectivity index (χ1) is 17.7. The summed E-state index contributed by atoms with van der Waals surface area (Å²) in [5.74, 6) is -0.265. The third-order valence-corrected chi connectivity index (χ3v) is 8.62. The van der Waals surface area contributed by atoms with Crippen molar-refractivity contribution in [3.8, 4) is 11.5 Å². The van der Waals surface area contributed by atoms with Gasteiger partial charge in [0.25, 0.3) is 5.91 Å². The van der Waals surface area contributed by atoms with Crippen molar-refractivity contribution in [3.63, 3.8) is 0 Å². The maximum atomic E-state index is 14.5. The quantitative estimate of drug-likeness (QED) is 0.469. The normalized spacial score (nSPS) is 16.1. The summed E-state index contributed by atoms with van der Waals surface area (Å²) in [7, 11) is -3.95. The summed E-state index contributed by atoms with van der Waals surface area (Å²) in [6.07, 6.45) is 0. The number of carbonyl (C=O) groups excluding carboxylic acids is 1. The Labute approximate surface area is 223 Å². The second-order valence-corrected chi connectivity index (χ2v) is 11.4. The Balaban J connectivity index is 1.26. The summed E-state index contributed by atoms with van der Waals surface area (Å²) >= 11 is 12.0. The highest BCUT2D eigenvalue weighted by molar-refractivity contribution is 7.89. The molecule has 0 spiro atoms. The van der Waals surface area contributed by atoms with Crippen molar-refractivity contribution in [1.82, 2.24) is 9.21 Å². The number of benzene rings is 3. The summed E-state index contributed by atoms with van der Waals surface area (Å²) < 4.78 is 53.2. The van der Waals surface area contributed by atoms with E-state index in [1.54, 1.807) is 0 Å². The standard InChI is InChI=1S/C25H22Cl2FN3O5S/c26-17-2-5-22(20(27)12-17)29-25(32)19-13-18(3-4-21(19)28)37(33,34)31-9-7-30(8-10-31)14-16-1-6-23-24(11-16)36-15-35-23/h1-6,11-13H,7-10,14-15H2,(H,29,32). The summed E-state index contributed by atoms with van der Waals surface area (Å²) in [6, 6.07) is 13.4. The van der Waals surface area contributed by atoms with E-state index in [0.29, 0.717) is 36.2 Å². The molecule has 0 atom stereocenters. The van der Waals surface area contributed by atoms with Crippen LogP contribution in [0.5, 0.6) is 11.5 Å². The molecule has 37 heavy (non-hydrogen) atoms. The highest BCUT2D eigenvalue weighted by atomic mass is 35.5. The second kappa shape index (κ2) is 10.5. The van der Waals surface area contributed by atoms with Crippen molar-refractivity contribution in [2.45, 2.75) is 11.4 Å². The minimum absolute atomic E-state index is 0.162. The zero-order chi connectivity index (χ0) is 26.2. The van der Waals surface area contributed by atoms with Crippen LogP contribution in [0.3, 0.4) is 0 Å². The Morgan fingerprint density at radius 3 is 2.46 bits per heavy atom. The van der Waals surface area contributed by atoms with Crippen LogP contribution in [0.2, 0.25) is 10.0 Å². The summed E-state index contributed by atoms with van der Waals surface area (Å²) in [6.45, 7) is 2.38. The number of nitrogens with zero attached hydrogens (tertiary/aromatic N) is 2. The molecule has 0 aromatic heterocycles. The number of hydrogen-bond acceptors (Lipinski definition) is 6. The van der Waals surface area contributed by atoms with Crippen molar-refractivity contribution < 1.29 is 27.1 Å². The van der Waals surface area contributed by atoms with Crippen LogP contribution in [0.1, 0.15) is 15.9 Å². The van der Waals surface area contributed by atoms with Gasteiger partial charge in [-0.05, 0) is 54.1 Å². The highest BCUT2D eigenvalue weighted by Crippen LogP contribution is 2.33. The van der Waals surface area contributed by atoms with Crippen LogP contribution in [0.15, 0.2) is 59.5 Å². The molecule has 1 N–H and O–H groups in total. The van der Waals surface area contributed by atoms with E-state index in [2.05, 4.69) is 10.2 Å². The van der Waals surface area contributed by atoms with Gasteiger partial charge >= 0.3 is 0 Å². The number of amides is 1. The predicted molar refractivity (Wildman–Crippen MR) is 137 cm³/mol. The fourth-order valence-electron chi connectivity index (χ4n) is 4.19. The van der Waals surface area contributed by atoms with Gasteiger partial charge in [-0.25, -0.2) is 12.8 Å². The van der Waals surface area contributed by atoms with Gasteiger partial charge in [-0.2, -0.15) is 4.31 Å². The van der Waals surface area contributed by atoms with Gasteiger partial charge in [0.05, 0.1) is 21.2 Å². The lowest BCUT2D eigenvalue weighted by Crippen LogP contribution is -2.48. The largest absolute Gasteiger partial charge is 0.454 e. The molecule has 2 aliphatic heterocycles. The van der Waals surface area contributed by atoms with Gasteiger partial charge in [0.2, 0.25) is 16.8 Å². The molecule has 1 fully saturated rings. The first-order valence-corrected chi connectivity index (χ1v) is 13.6. The minimum atomic E-state index is -3.95. The number of fused-ring (bicyclic) bond motifs is 1. The first kappa shape index (κ1) is 25.7.